The van der Waals surface area contributed by atoms with E-state index in [1.165, 1.54) is 12.8 Å². The average Bonchev–Trinajstić information content (AvgIpc) is 2.44. The maximum atomic E-state index is 12.2. The second kappa shape index (κ2) is 6.94. The molecule has 1 aromatic carbocycles. The average molecular weight is 290 g/mol. The third kappa shape index (κ3) is 4.46. The van der Waals surface area contributed by atoms with Crippen molar-refractivity contribution in [2.24, 2.45) is 5.92 Å². The molecule has 1 unspecified atom stereocenters. The summed E-state index contributed by atoms with van der Waals surface area (Å²) in [5.74, 6) is 0.688. The predicted octanol–water partition coefficient (Wildman–Crippen LogP) is 3.50. The molecule has 0 radical (unpaired) electrons. The van der Waals surface area contributed by atoms with Crippen molar-refractivity contribution in [3.63, 3.8) is 0 Å². The van der Waals surface area contributed by atoms with Crippen molar-refractivity contribution in [2.45, 2.75) is 58.7 Å². The van der Waals surface area contributed by atoms with Crippen LogP contribution >= 0.6 is 0 Å². The predicted molar refractivity (Wildman–Crippen MR) is 86.2 cm³/mol. The van der Waals surface area contributed by atoms with Crippen LogP contribution in [0.15, 0.2) is 18.2 Å². The van der Waals surface area contributed by atoms with E-state index in [1.54, 1.807) is 6.07 Å². The summed E-state index contributed by atoms with van der Waals surface area (Å²) in [6, 6.07) is 5.47. The minimum Gasteiger partial charge on any atom is -0.399 e. The van der Waals surface area contributed by atoms with Gasteiger partial charge in [0, 0.05) is 11.4 Å². The van der Waals surface area contributed by atoms with Crippen molar-refractivity contribution in [2.75, 3.05) is 11.1 Å². The van der Waals surface area contributed by atoms with E-state index < -0.39 is 6.10 Å². The highest BCUT2D eigenvalue weighted by molar-refractivity contribution is 5.94. The van der Waals surface area contributed by atoms with Crippen LogP contribution in [0, 0.1) is 12.8 Å². The lowest BCUT2D eigenvalue weighted by Crippen LogP contribution is -2.33. The summed E-state index contributed by atoms with van der Waals surface area (Å²) in [6.07, 6.45) is 4.28. The van der Waals surface area contributed by atoms with E-state index in [0.29, 0.717) is 5.69 Å². The molecular weight excluding hydrogens is 264 g/mol. The van der Waals surface area contributed by atoms with Crippen LogP contribution < -0.4 is 11.1 Å². The third-order valence-corrected chi connectivity index (χ3v) is 4.24. The Bertz CT molecular complexity index is 494. The van der Waals surface area contributed by atoms with Crippen LogP contribution in [0.5, 0.6) is 0 Å². The molecule has 1 atom stereocenters. The molecule has 1 saturated carbocycles. The van der Waals surface area contributed by atoms with Gasteiger partial charge >= 0.3 is 0 Å². The van der Waals surface area contributed by atoms with Crippen molar-refractivity contribution in [3.8, 4) is 0 Å². The molecule has 4 heteroatoms. The van der Waals surface area contributed by atoms with Gasteiger partial charge in [-0.25, -0.2) is 0 Å². The maximum Gasteiger partial charge on any atom is 0.253 e. The highest BCUT2D eigenvalue weighted by Crippen LogP contribution is 2.26. The Morgan fingerprint density at radius 1 is 1.33 bits per heavy atom. The minimum atomic E-state index is -0.430. The third-order valence-electron chi connectivity index (χ3n) is 4.24. The van der Waals surface area contributed by atoms with Crippen molar-refractivity contribution in [1.82, 2.24) is 0 Å². The largest absolute Gasteiger partial charge is 0.399 e. The van der Waals surface area contributed by atoms with Crippen LogP contribution in [0.4, 0.5) is 11.4 Å². The molecule has 0 aromatic heterocycles. The number of aryl methyl sites for hydroxylation is 1. The number of carbonyl (C=O) groups is 1. The van der Waals surface area contributed by atoms with E-state index in [2.05, 4.69) is 12.2 Å². The smallest absolute Gasteiger partial charge is 0.253 e. The zero-order valence-corrected chi connectivity index (χ0v) is 13.2. The number of benzene rings is 1. The van der Waals surface area contributed by atoms with Gasteiger partial charge in [-0.3, -0.25) is 4.79 Å². The van der Waals surface area contributed by atoms with Crippen LogP contribution in [-0.4, -0.2) is 18.1 Å². The van der Waals surface area contributed by atoms with Gasteiger partial charge < -0.3 is 15.8 Å². The van der Waals surface area contributed by atoms with Gasteiger partial charge in [-0.2, -0.15) is 0 Å². The summed E-state index contributed by atoms with van der Waals surface area (Å²) in [7, 11) is 0. The Morgan fingerprint density at radius 3 is 2.62 bits per heavy atom. The molecule has 1 amide bonds. The number of hydrogen-bond donors (Lipinski definition) is 2. The Morgan fingerprint density at radius 2 is 2.00 bits per heavy atom. The zero-order valence-electron chi connectivity index (χ0n) is 13.2. The molecule has 3 N–H and O–H groups in total. The van der Waals surface area contributed by atoms with Crippen LogP contribution in [0.2, 0.25) is 0 Å². The van der Waals surface area contributed by atoms with Gasteiger partial charge in [0.2, 0.25) is 0 Å². The molecule has 0 saturated heterocycles. The first-order valence-electron chi connectivity index (χ1n) is 7.78. The highest BCUT2D eigenvalue weighted by Gasteiger charge is 2.23. The summed E-state index contributed by atoms with van der Waals surface area (Å²) < 4.78 is 5.90. The lowest BCUT2D eigenvalue weighted by molar-refractivity contribution is -0.131. The Balaban J connectivity index is 1.87. The summed E-state index contributed by atoms with van der Waals surface area (Å²) in [5, 5.41) is 2.92. The van der Waals surface area contributed by atoms with Gasteiger partial charge in [-0.1, -0.05) is 6.92 Å². The van der Waals surface area contributed by atoms with Gasteiger partial charge in [-0.15, -0.1) is 0 Å². The molecule has 0 heterocycles. The van der Waals surface area contributed by atoms with E-state index in [1.807, 2.05) is 26.0 Å². The first kappa shape index (κ1) is 15.8. The fraction of sp³-hybridized carbons (Fsp3) is 0.588. The number of hydrogen-bond acceptors (Lipinski definition) is 3. The van der Waals surface area contributed by atoms with Gasteiger partial charge in [-0.05, 0) is 69.2 Å². The second-order valence-electron chi connectivity index (χ2n) is 6.22. The number of ether oxygens (including phenoxy) is 1. The lowest BCUT2D eigenvalue weighted by atomic mass is 9.89. The summed E-state index contributed by atoms with van der Waals surface area (Å²) >= 11 is 0. The fourth-order valence-electron chi connectivity index (χ4n) is 2.78. The topological polar surface area (TPSA) is 64.3 Å². The van der Waals surface area contributed by atoms with E-state index in [9.17, 15) is 4.79 Å². The van der Waals surface area contributed by atoms with Gasteiger partial charge in [0.25, 0.3) is 5.91 Å². The normalized spacial score (nSPS) is 23.6. The number of amides is 1. The molecule has 1 aliphatic carbocycles. The number of rotatable bonds is 4. The van der Waals surface area contributed by atoms with E-state index in [-0.39, 0.29) is 12.0 Å². The molecule has 1 aromatic rings. The molecule has 4 nitrogen and oxygen atoms in total. The number of nitrogens with two attached hydrogens (primary N) is 1. The van der Waals surface area contributed by atoms with Crippen molar-refractivity contribution in [3.05, 3.63) is 23.8 Å². The van der Waals surface area contributed by atoms with Crippen LogP contribution in [0.1, 0.15) is 45.1 Å². The van der Waals surface area contributed by atoms with Gasteiger partial charge in [0.05, 0.1) is 6.10 Å². The van der Waals surface area contributed by atoms with Crippen LogP contribution in [0.25, 0.3) is 0 Å². The van der Waals surface area contributed by atoms with Crippen molar-refractivity contribution in [1.29, 1.82) is 0 Å². The van der Waals surface area contributed by atoms with E-state index in [0.717, 1.165) is 30.0 Å². The molecule has 1 aliphatic rings. The number of nitrogen functional groups attached to an aromatic ring is 1. The standard InChI is InChI=1S/C17H26N2O2/c1-11-4-7-15(8-5-11)21-13(3)17(20)19-16-9-6-14(18)10-12(16)2/h6,9-11,13,15H,4-5,7-8,18H2,1-3H3,(H,19,20). The first-order valence-corrected chi connectivity index (χ1v) is 7.78. The second-order valence-corrected chi connectivity index (χ2v) is 6.22. The highest BCUT2D eigenvalue weighted by atomic mass is 16.5. The Kier molecular flexibility index (Phi) is 5.23. The number of anilines is 2. The molecule has 0 aliphatic heterocycles. The van der Waals surface area contributed by atoms with Crippen molar-refractivity contribution < 1.29 is 9.53 Å². The molecule has 2 rings (SSSR count). The molecule has 21 heavy (non-hydrogen) atoms. The molecule has 0 bridgehead atoms. The van der Waals surface area contributed by atoms with E-state index >= 15 is 0 Å². The molecule has 0 spiro atoms. The number of nitrogens with one attached hydrogen (secondary N) is 1. The Hall–Kier alpha value is -1.55. The van der Waals surface area contributed by atoms with Gasteiger partial charge in [0.1, 0.15) is 6.10 Å². The maximum absolute atomic E-state index is 12.2. The van der Waals surface area contributed by atoms with Crippen molar-refractivity contribution >= 4 is 17.3 Å². The quantitative estimate of drug-likeness (QED) is 0.834. The van der Waals surface area contributed by atoms with Crippen LogP contribution in [-0.2, 0) is 9.53 Å². The first-order chi connectivity index (χ1) is 9.95. The summed E-state index contributed by atoms with van der Waals surface area (Å²) in [6.45, 7) is 6.02. The SMILES string of the molecule is Cc1cc(N)ccc1NC(=O)C(C)OC1CCC(C)CC1. The van der Waals surface area contributed by atoms with Gasteiger partial charge in [0.15, 0.2) is 0 Å². The van der Waals surface area contributed by atoms with Crippen LogP contribution in [0.3, 0.4) is 0 Å². The summed E-state index contributed by atoms with van der Waals surface area (Å²) in [5.41, 5.74) is 8.17. The van der Waals surface area contributed by atoms with E-state index in [4.69, 9.17) is 10.5 Å². The summed E-state index contributed by atoms with van der Waals surface area (Å²) in [4.78, 5) is 12.2. The molecule has 116 valence electrons. The molecular formula is C17H26N2O2. The monoisotopic (exact) mass is 290 g/mol. The minimum absolute atomic E-state index is 0.0958. The fourth-order valence-corrected chi connectivity index (χ4v) is 2.78. The number of carbonyl (C=O) groups excluding carboxylic acids is 1. The Labute approximate surface area is 127 Å². The zero-order chi connectivity index (χ0) is 15.4. The molecule has 1 fully saturated rings. The lowest BCUT2D eigenvalue weighted by Gasteiger charge is -2.28.